The van der Waals surface area contributed by atoms with Crippen LogP contribution in [-0.2, 0) is 0 Å². The zero-order valence-corrected chi connectivity index (χ0v) is 9.96. The Labute approximate surface area is 98.2 Å². The van der Waals surface area contributed by atoms with E-state index < -0.39 is 11.6 Å². The van der Waals surface area contributed by atoms with Crippen LogP contribution in [0, 0.1) is 18.6 Å². The average Bonchev–Trinajstić information content (AvgIpc) is 2.19. The fraction of sp³-hybridized carbons (Fsp3) is 0.100. The number of hydrogen-bond acceptors (Lipinski definition) is 1. The highest BCUT2D eigenvalue weighted by molar-refractivity contribution is 9.10. The third-order valence-corrected chi connectivity index (χ3v) is 3.45. The molecule has 0 aliphatic carbocycles. The van der Waals surface area contributed by atoms with E-state index in [2.05, 4.69) is 20.9 Å². The highest BCUT2D eigenvalue weighted by atomic mass is 79.9. The molecule has 1 aromatic heterocycles. The Morgan fingerprint density at radius 2 is 2.07 bits per heavy atom. The Kier molecular flexibility index (Phi) is 2.64. The Balaban J connectivity index is 3.04. The Hall–Kier alpha value is -0.740. The number of aryl methyl sites for hydroxylation is 1. The van der Waals surface area contributed by atoms with Gasteiger partial charge in [-0.3, -0.25) is 4.98 Å². The fourth-order valence-electron chi connectivity index (χ4n) is 1.37. The smallest absolute Gasteiger partial charge is 0.149 e. The molecule has 0 aliphatic heterocycles. The molecule has 0 unspecified atom stereocenters. The molecule has 1 aromatic carbocycles. The number of nitrogens with zero attached hydrogens (tertiary/aromatic N) is 1. The molecule has 0 N–H and O–H groups in total. The van der Waals surface area contributed by atoms with E-state index >= 15 is 0 Å². The van der Waals surface area contributed by atoms with Crippen molar-refractivity contribution in [1.29, 1.82) is 0 Å². The molecular weight excluding hydrogens is 287 g/mol. The lowest BCUT2D eigenvalue weighted by Gasteiger charge is -2.06. The molecule has 0 aliphatic rings. The number of pyridine rings is 1. The maximum atomic E-state index is 13.7. The lowest BCUT2D eigenvalue weighted by Crippen LogP contribution is -1.93. The average molecular weight is 293 g/mol. The summed E-state index contributed by atoms with van der Waals surface area (Å²) in [6.07, 6.45) is 1.28. The van der Waals surface area contributed by atoms with Crippen molar-refractivity contribution in [2.45, 2.75) is 6.92 Å². The first-order chi connectivity index (χ1) is 7.02. The number of hydrogen-bond donors (Lipinski definition) is 0. The molecule has 5 heteroatoms. The summed E-state index contributed by atoms with van der Waals surface area (Å²) in [6.45, 7) is 1.49. The number of aromatic nitrogens is 1. The van der Waals surface area contributed by atoms with Gasteiger partial charge in [-0.1, -0.05) is 11.6 Å². The van der Waals surface area contributed by atoms with Gasteiger partial charge in [-0.15, -0.1) is 0 Å². The van der Waals surface area contributed by atoms with Gasteiger partial charge in [0.2, 0.25) is 0 Å². The molecule has 78 valence electrons. The molecule has 1 nitrogen and oxygen atoms in total. The molecule has 15 heavy (non-hydrogen) atoms. The van der Waals surface area contributed by atoms with E-state index in [-0.39, 0.29) is 21.5 Å². The zero-order valence-electron chi connectivity index (χ0n) is 7.61. The second kappa shape index (κ2) is 3.68. The van der Waals surface area contributed by atoms with Gasteiger partial charge < -0.3 is 0 Å². The maximum Gasteiger partial charge on any atom is 0.149 e. The predicted octanol–water partition coefficient (Wildman–Crippen LogP) is 4.24. The Morgan fingerprint density at radius 3 is 2.73 bits per heavy atom. The van der Waals surface area contributed by atoms with Crippen LogP contribution < -0.4 is 0 Å². The van der Waals surface area contributed by atoms with E-state index in [0.29, 0.717) is 4.47 Å². The predicted molar refractivity (Wildman–Crippen MR) is 59.1 cm³/mol. The maximum absolute atomic E-state index is 13.7. The fourth-order valence-corrected chi connectivity index (χ4v) is 1.97. The van der Waals surface area contributed by atoms with Crippen molar-refractivity contribution in [1.82, 2.24) is 4.98 Å². The van der Waals surface area contributed by atoms with Gasteiger partial charge in [-0.05, 0) is 34.5 Å². The molecule has 0 radical (unpaired) electrons. The van der Waals surface area contributed by atoms with Gasteiger partial charge >= 0.3 is 0 Å². The normalized spacial score (nSPS) is 11.0. The SMILES string of the molecule is Cc1cc(F)c2ncc(Cl)c(Br)c2c1F. The third kappa shape index (κ3) is 1.62. The van der Waals surface area contributed by atoms with Crippen LogP contribution in [-0.4, -0.2) is 4.98 Å². The van der Waals surface area contributed by atoms with E-state index in [0.717, 1.165) is 6.07 Å². The van der Waals surface area contributed by atoms with Gasteiger partial charge in [-0.25, -0.2) is 8.78 Å². The highest BCUT2D eigenvalue weighted by Gasteiger charge is 2.15. The van der Waals surface area contributed by atoms with Crippen molar-refractivity contribution >= 4 is 38.4 Å². The van der Waals surface area contributed by atoms with Crippen LogP contribution >= 0.6 is 27.5 Å². The quantitative estimate of drug-likeness (QED) is 0.708. The highest BCUT2D eigenvalue weighted by Crippen LogP contribution is 2.33. The summed E-state index contributed by atoms with van der Waals surface area (Å²) in [5.41, 5.74) is 0.208. The summed E-state index contributed by atoms with van der Waals surface area (Å²) in [4.78, 5) is 3.77. The van der Waals surface area contributed by atoms with Crippen LogP contribution in [0.5, 0.6) is 0 Å². The van der Waals surface area contributed by atoms with E-state index in [4.69, 9.17) is 11.6 Å². The van der Waals surface area contributed by atoms with Gasteiger partial charge in [0.25, 0.3) is 0 Å². The van der Waals surface area contributed by atoms with Crippen molar-refractivity contribution in [3.8, 4) is 0 Å². The van der Waals surface area contributed by atoms with Crippen molar-refractivity contribution in [3.63, 3.8) is 0 Å². The molecule has 0 fully saturated rings. The van der Waals surface area contributed by atoms with E-state index in [1.165, 1.54) is 13.1 Å². The topological polar surface area (TPSA) is 12.9 Å². The van der Waals surface area contributed by atoms with Crippen LogP contribution in [0.15, 0.2) is 16.7 Å². The van der Waals surface area contributed by atoms with E-state index in [1.54, 1.807) is 0 Å². The second-order valence-corrected chi connectivity index (χ2v) is 4.33. The van der Waals surface area contributed by atoms with Gasteiger partial charge in [0.05, 0.1) is 14.9 Å². The number of benzene rings is 1. The summed E-state index contributed by atoms with van der Waals surface area (Å²) in [7, 11) is 0. The Bertz CT molecular complexity index is 549. The molecule has 0 saturated heterocycles. The van der Waals surface area contributed by atoms with Crippen molar-refractivity contribution in [2.24, 2.45) is 0 Å². The van der Waals surface area contributed by atoms with Gasteiger partial charge in [0, 0.05) is 6.20 Å². The molecule has 1 heterocycles. The first kappa shape index (κ1) is 10.8. The third-order valence-electron chi connectivity index (χ3n) is 2.11. The molecule has 2 aromatic rings. The minimum absolute atomic E-state index is 0.0191. The van der Waals surface area contributed by atoms with Gasteiger partial charge in [0.1, 0.15) is 17.2 Å². The summed E-state index contributed by atoms with van der Waals surface area (Å²) >= 11 is 8.89. The molecule has 0 amide bonds. The molecule has 0 atom stereocenters. The molecule has 0 bridgehead atoms. The van der Waals surface area contributed by atoms with E-state index in [9.17, 15) is 8.78 Å². The molecule has 2 rings (SSSR count). The van der Waals surface area contributed by atoms with Crippen LogP contribution in [0.2, 0.25) is 5.02 Å². The summed E-state index contributed by atoms with van der Waals surface area (Å²) in [5.74, 6) is -1.06. The summed E-state index contributed by atoms with van der Waals surface area (Å²) < 4.78 is 27.5. The molecule has 0 spiro atoms. The number of fused-ring (bicyclic) bond motifs is 1. The minimum atomic E-state index is -0.554. The van der Waals surface area contributed by atoms with Crippen molar-refractivity contribution < 1.29 is 8.78 Å². The largest absolute Gasteiger partial charge is 0.251 e. The zero-order chi connectivity index (χ0) is 11.2. The molecular formula is C10H5BrClF2N. The summed E-state index contributed by atoms with van der Waals surface area (Å²) in [6, 6.07) is 1.12. The number of halogens is 4. The standard InChI is InChI=1S/C10H5BrClF2N/c1-4-2-6(13)10-7(9(4)14)8(11)5(12)3-15-10/h2-3H,1H3. The Morgan fingerprint density at radius 1 is 1.40 bits per heavy atom. The van der Waals surface area contributed by atoms with Crippen LogP contribution in [0.4, 0.5) is 8.78 Å². The summed E-state index contributed by atoms with van der Waals surface area (Å²) in [5, 5.41) is 0.339. The van der Waals surface area contributed by atoms with Crippen molar-refractivity contribution in [3.05, 3.63) is 39.0 Å². The number of rotatable bonds is 0. The minimum Gasteiger partial charge on any atom is -0.251 e. The monoisotopic (exact) mass is 291 g/mol. The second-order valence-electron chi connectivity index (χ2n) is 3.13. The first-order valence-corrected chi connectivity index (χ1v) is 5.27. The van der Waals surface area contributed by atoms with Crippen LogP contribution in [0.1, 0.15) is 5.56 Å². The lowest BCUT2D eigenvalue weighted by atomic mass is 10.1. The first-order valence-electron chi connectivity index (χ1n) is 4.10. The van der Waals surface area contributed by atoms with Crippen LogP contribution in [0.25, 0.3) is 10.9 Å². The molecule has 0 saturated carbocycles. The van der Waals surface area contributed by atoms with Crippen molar-refractivity contribution in [2.75, 3.05) is 0 Å². The lowest BCUT2D eigenvalue weighted by molar-refractivity contribution is 0.607. The van der Waals surface area contributed by atoms with E-state index in [1.807, 2.05) is 0 Å². The van der Waals surface area contributed by atoms with Gasteiger partial charge in [-0.2, -0.15) is 0 Å². The van der Waals surface area contributed by atoms with Gasteiger partial charge in [0.15, 0.2) is 0 Å². The van der Waals surface area contributed by atoms with Crippen LogP contribution in [0.3, 0.4) is 0 Å².